The van der Waals surface area contributed by atoms with E-state index < -0.39 is 0 Å². The lowest BCUT2D eigenvalue weighted by Crippen LogP contribution is -1.91. The van der Waals surface area contributed by atoms with Crippen LogP contribution < -0.4 is 0 Å². The van der Waals surface area contributed by atoms with Crippen molar-refractivity contribution in [2.24, 2.45) is 0 Å². The molecular weight excluding hydrogens is 216 g/mol. The van der Waals surface area contributed by atoms with Crippen LogP contribution in [0.5, 0.6) is 0 Å². The maximum atomic E-state index is 11.4. The van der Waals surface area contributed by atoms with Crippen molar-refractivity contribution >= 4 is 16.7 Å². The van der Waals surface area contributed by atoms with Crippen LogP contribution in [0.1, 0.15) is 17.3 Å². The number of benzene rings is 1. The number of ketones is 1. The first-order valence-electron chi connectivity index (χ1n) is 5.29. The maximum Gasteiger partial charge on any atom is 0.179 e. The van der Waals surface area contributed by atoms with Crippen molar-refractivity contribution in [3.05, 3.63) is 42.2 Å². The Kier molecular flexibility index (Phi) is 2.08. The number of aromatic nitrogens is 2. The topological polar surface area (TPSA) is 58.9 Å². The van der Waals surface area contributed by atoms with Crippen LogP contribution in [0.3, 0.4) is 0 Å². The van der Waals surface area contributed by atoms with Crippen LogP contribution in [-0.2, 0) is 0 Å². The fraction of sp³-hybridized carbons (Fsp3) is 0.0769. The number of hydrogen-bond acceptors (Lipinski definition) is 3. The molecule has 0 aliphatic carbocycles. The Morgan fingerprint density at radius 3 is 3.00 bits per heavy atom. The summed E-state index contributed by atoms with van der Waals surface area (Å²) in [7, 11) is 0. The van der Waals surface area contributed by atoms with Gasteiger partial charge in [-0.05, 0) is 13.0 Å². The number of nitrogens with zero attached hydrogens (tertiary/aromatic N) is 1. The molecule has 0 radical (unpaired) electrons. The molecule has 0 bridgehead atoms. The van der Waals surface area contributed by atoms with E-state index >= 15 is 0 Å². The van der Waals surface area contributed by atoms with Gasteiger partial charge in [-0.25, -0.2) is 0 Å². The van der Waals surface area contributed by atoms with E-state index in [0.717, 1.165) is 16.5 Å². The van der Waals surface area contributed by atoms with E-state index in [2.05, 4.69) is 10.1 Å². The predicted molar refractivity (Wildman–Crippen MR) is 63.8 cm³/mol. The molecule has 3 aromatic rings. The van der Waals surface area contributed by atoms with E-state index in [9.17, 15) is 4.79 Å². The van der Waals surface area contributed by atoms with E-state index in [0.29, 0.717) is 11.3 Å². The summed E-state index contributed by atoms with van der Waals surface area (Å²) in [5.41, 5.74) is 2.38. The number of para-hydroxylation sites is 1. The second-order valence-corrected chi connectivity index (χ2v) is 3.87. The number of H-pyrrole nitrogens is 1. The fourth-order valence-electron chi connectivity index (χ4n) is 1.94. The van der Waals surface area contributed by atoms with E-state index in [-0.39, 0.29) is 5.78 Å². The van der Waals surface area contributed by atoms with Crippen LogP contribution in [0.2, 0.25) is 0 Å². The summed E-state index contributed by atoms with van der Waals surface area (Å²) < 4.78 is 5.19. The highest BCUT2D eigenvalue weighted by Crippen LogP contribution is 2.30. The Bertz CT molecular complexity index is 694. The zero-order chi connectivity index (χ0) is 11.8. The Balaban J connectivity index is 2.28. The quantitative estimate of drug-likeness (QED) is 0.683. The standard InChI is InChI=1S/C13H10N2O2/c1-8(16)10-7-15-17-13(10)11-6-14-12-5-3-2-4-9(11)12/h2-7,14H,1H3. The first-order valence-corrected chi connectivity index (χ1v) is 5.29. The van der Waals surface area contributed by atoms with Gasteiger partial charge in [0, 0.05) is 22.7 Å². The minimum Gasteiger partial charge on any atom is -0.360 e. The van der Waals surface area contributed by atoms with E-state index in [1.807, 2.05) is 30.5 Å². The Morgan fingerprint density at radius 1 is 1.35 bits per heavy atom. The van der Waals surface area contributed by atoms with E-state index in [1.165, 1.54) is 13.1 Å². The smallest absolute Gasteiger partial charge is 0.179 e. The van der Waals surface area contributed by atoms with Gasteiger partial charge in [0.2, 0.25) is 0 Å². The molecule has 0 saturated carbocycles. The van der Waals surface area contributed by atoms with Crippen LogP contribution in [0.25, 0.3) is 22.2 Å². The van der Waals surface area contributed by atoms with Gasteiger partial charge in [0.25, 0.3) is 0 Å². The molecular formula is C13H10N2O2. The summed E-state index contributed by atoms with van der Waals surface area (Å²) in [6, 6.07) is 7.86. The van der Waals surface area contributed by atoms with Crippen molar-refractivity contribution in [3.8, 4) is 11.3 Å². The minimum absolute atomic E-state index is 0.0495. The fourth-order valence-corrected chi connectivity index (χ4v) is 1.94. The molecule has 1 N–H and O–H groups in total. The van der Waals surface area contributed by atoms with E-state index in [4.69, 9.17) is 4.52 Å². The summed E-state index contributed by atoms with van der Waals surface area (Å²) in [5.74, 6) is 0.474. The molecule has 17 heavy (non-hydrogen) atoms. The van der Waals surface area contributed by atoms with Gasteiger partial charge in [-0.15, -0.1) is 0 Å². The third-order valence-electron chi connectivity index (χ3n) is 2.78. The monoisotopic (exact) mass is 226 g/mol. The van der Waals surface area contributed by atoms with Gasteiger partial charge in [-0.3, -0.25) is 4.79 Å². The molecule has 2 aromatic heterocycles. The molecule has 4 heteroatoms. The minimum atomic E-state index is -0.0495. The first-order chi connectivity index (χ1) is 8.27. The summed E-state index contributed by atoms with van der Waals surface area (Å²) >= 11 is 0. The number of Topliss-reactive ketones (excluding diaryl/α,β-unsaturated/α-hetero) is 1. The van der Waals surface area contributed by atoms with Crippen LogP contribution in [0.4, 0.5) is 0 Å². The highest BCUT2D eigenvalue weighted by atomic mass is 16.5. The van der Waals surface area contributed by atoms with Crippen molar-refractivity contribution in [2.75, 3.05) is 0 Å². The van der Waals surface area contributed by atoms with Gasteiger partial charge in [0.1, 0.15) is 0 Å². The van der Waals surface area contributed by atoms with Crippen molar-refractivity contribution in [1.29, 1.82) is 0 Å². The Hall–Kier alpha value is -2.36. The number of nitrogens with one attached hydrogen (secondary N) is 1. The molecule has 0 spiro atoms. The molecule has 0 saturated heterocycles. The SMILES string of the molecule is CC(=O)c1cnoc1-c1c[nH]c2ccccc12. The molecule has 1 aromatic carbocycles. The number of hydrogen-bond donors (Lipinski definition) is 1. The molecule has 0 aliphatic rings. The van der Waals surface area contributed by atoms with Gasteiger partial charge in [0.05, 0.1) is 11.8 Å². The average molecular weight is 226 g/mol. The zero-order valence-corrected chi connectivity index (χ0v) is 9.23. The molecule has 0 aliphatic heterocycles. The lowest BCUT2D eigenvalue weighted by Gasteiger charge is -1.95. The van der Waals surface area contributed by atoms with Crippen LogP contribution >= 0.6 is 0 Å². The highest BCUT2D eigenvalue weighted by Gasteiger charge is 2.17. The summed E-state index contributed by atoms with van der Waals surface area (Å²) in [6.07, 6.45) is 3.29. The molecule has 84 valence electrons. The molecule has 0 unspecified atom stereocenters. The zero-order valence-electron chi connectivity index (χ0n) is 9.23. The van der Waals surface area contributed by atoms with Crippen molar-refractivity contribution in [1.82, 2.24) is 10.1 Å². The van der Waals surface area contributed by atoms with Crippen LogP contribution in [0, 0.1) is 0 Å². The van der Waals surface area contributed by atoms with Crippen molar-refractivity contribution in [2.45, 2.75) is 6.92 Å². The molecule has 0 fully saturated rings. The second kappa shape index (κ2) is 3.59. The van der Waals surface area contributed by atoms with Crippen molar-refractivity contribution in [3.63, 3.8) is 0 Å². The van der Waals surface area contributed by atoms with Crippen LogP contribution in [0.15, 0.2) is 41.2 Å². The molecule has 0 amide bonds. The summed E-state index contributed by atoms with van der Waals surface area (Å²) in [5, 5.41) is 4.72. The normalized spacial score (nSPS) is 10.9. The molecule has 3 rings (SSSR count). The van der Waals surface area contributed by atoms with Crippen molar-refractivity contribution < 1.29 is 9.32 Å². The van der Waals surface area contributed by atoms with Gasteiger partial charge >= 0.3 is 0 Å². The number of fused-ring (bicyclic) bond motifs is 1. The highest BCUT2D eigenvalue weighted by molar-refractivity contribution is 6.03. The molecule has 4 nitrogen and oxygen atoms in total. The lowest BCUT2D eigenvalue weighted by atomic mass is 10.1. The Labute approximate surface area is 97.2 Å². The number of carbonyl (C=O) groups is 1. The van der Waals surface area contributed by atoms with E-state index in [1.54, 1.807) is 0 Å². The third-order valence-corrected chi connectivity index (χ3v) is 2.78. The Morgan fingerprint density at radius 2 is 2.18 bits per heavy atom. The maximum absolute atomic E-state index is 11.4. The predicted octanol–water partition coefficient (Wildman–Crippen LogP) is 3.03. The number of rotatable bonds is 2. The van der Waals surface area contributed by atoms with Gasteiger partial charge < -0.3 is 9.51 Å². The number of carbonyl (C=O) groups excluding carboxylic acids is 1. The second-order valence-electron chi connectivity index (χ2n) is 3.87. The molecule has 0 atom stereocenters. The third kappa shape index (κ3) is 1.45. The number of aromatic amines is 1. The molecule has 2 heterocycles. The largest absolute Gasteiger partial charge is 0.360 e. The first kappa shape index (κ1) is 9.84. The summed E-state index contributed by atoms with van der Waals surface area (Å²) in [4.78, 5) is 14.6. The lowest BCUT2D eigenvalue weighted by molar-refractivity contribution is 0.101. The van der Waals surface area contributed by atoms with Gasteiger partial charge in [-0.1, -0.05) is 23.4 Å². The van der Waals surface area contributed by atoms with Gasteiger partial charge in [0.15, 0.2) is 11.5 Å². The average Bonchev–Trinajstić information content (AvgIpc) is 2.94. The summed E-state index contributed by atoms with van der Waals surface area (Å²) in [6.45, 7) is 1.50. The van der Waals surface area contributed by atoms with Crippen LogP contribution in [-0.4, -0.2) is 15.9 Å². The van der Waals surface area contributed by atoms with Gasteiger partial charge in [-0.2, -0.15) is 0 Å².